The molecule has 1 aromatic heterocycles. The van der Waals surface area contributed by atoms with Gasteiger partial charge in [-0.2, -0.15) is 0 Å². The minimum atomic E-state index is -0.356. The first-order valence-corrected chi connectivity index (χ1v) is 7.99. The van der Waals surface area contributed by atoms with E-state index < -0.39 is 0 Å². The maximum atomic E-state index is 13.2. The van der Waals surface area contributed by atoms with E-state index in [-0.39, 0.29) is 10.8 Å². The van der Waals surface area contributed by atoms with Crippen LogP contribution in [-0.4, -0.2) is 36.0 Å². The Morgan fingerprint density at radius 2 is 1.82 bits per heavy atom. The summed E-state index contributed by atoms with van der Waals surface area (Å²) in [5.41, 5.74) is 1.06. The summed E-state index contributed by atoms with van der Waals surface area (Å²) in [6.45, 7) is 5.80. The quantitative estimate of drug-likeness (QED) is 0.854. The van der Waals surface area contributed by atoms with Crippen LogP contribution in [0.5, 0.6) is 0 Å². The fraction of sp³-hybridized carbons (Fsp3) is 0.412. The molecule has 22 heavy (non-hydrogen) atoms. The number of rotatable bonds is 4. The summed E-state index contributed by atoms with van der Waals surface area (Å²) in [6, 6.07) is 8.93. The Labute approximate surface area is 135 Å². The Morgan fingerprint density at radius 1 is 1.05 bits per heavy atom. The van der Waals surface area contributed by atoms with Crippen molar-refractivity contribution in [2.24, 2.45) is 0 Å². The monoisotopic (exact) mass is 322 g/mol. The first kappa shape index (κ1) is 15.5. The normalized spacial score (nSPS) is 17.5. The van der Waals surface area contributed by atoms with Crippen LogP contribution in [0.15, 0.2) is 41.0 Å². The van der Waals surface area contributed by atoms with Crippen LogP contribution in [-0.2, 0) is 13.1 Å². The second kappa shape index (κ2) is 7.27. The molecule has 1 aliphatic heterocycles. The Hall–Kier alpha value is -1.36. The Kier molecular flexibility index (Phi) is 5.13. The van der Waals surface area contributed by atoms with Crippen molar-refractivity contribution in [3.63, 3.8) is 0 Å². The highest BCUT2D eigenvalue weighted by molar-refractivity contribution is 6.30. The molecule has 0 radical (unpaired) electrons. The predicted molar refractivity (Wildman–Crippen MR) is 85.3 cm³/mol. The van der Waals surface area contributed by atoms with Crippen LogP contribution >= 0.6 is 11.6 Å². The van der Waals surface area contributed by atoms with Crippen molar-refractivity contribution in [3.8, 4) is 0 Å². The average molecular weight is 323 g/mol. The van der Waals surface area contributed by atoms with E-state index in [1.54, 1.807) is 12.3 Å². The van der Waals surface area contributed by atoms with Crippen LogP contribution in [0.4, 0.5) is 4.39 Å². The van der Waals surface area contributed by atoms with Gasteiger partial charge in [0.1, 0.15) is 11.6 Å². The first-order chi connectivity index (χ1) is 10.7. The van der Waals surface area contributed by atoms with Gasteiger partial charge in [0, 0.05) is 19.6 Å². The number of furan rings is 1. The van der Waals surface area contributed by atoms with E-state index in [0.717, 1.165) is 57.0 Å². The van der Waals surface area contributed by atoms with Gasteiger partial charge in [-0.1, -0.05) is 17.7 Å². The van der Waals surface area contributed by atoms with E-state index in [1.165, 1.54) is 6.07 Å². The molecule has 0 amide bonds. The van der Waals surface area contributed by atoms with Gasteiger partial charge in [0.25, 0.3) is 0 Å². The van der Waals surface area contributed by atoms with E-state index in [2.05, 4.69) is 9.80 Å². The summed E-state index contributed by atoms with van der Waals surface area (Å²) in [7, 11) is 0. The molecule has 0 aliphatic carbocycles. The summed E-state index contributed by atoms with van der Waals surface area (Å²) < 4.78 is 18.6. The van der Waals surface area contributed by atoms with Crippen LogP contribution in [0.3, 0.4) is 0 Å². The van der Waals surface area contributed by atoms with Crippen molar-refractivity contribution in [1.29, 1.82) is 0 Å². The molecule has 3 rings (SSSR count). The molecular weight excluding hydrogens is 303 g/mol. The predicted octanol–water partition coefficient (Wildman–Crippen LogP) is 3.78. The van der Waals surface area contributed by atoms with Crippen LogP contribution in [0, 0.1) is 5.82 Å². The number of hydrogen-bond donors (Lipinski definition) is 0. The molecular formula is C17H20ClFN2O. The van der Waals surface area contributed by atoms with Crippen molar-refractivity contribution in [2.45, 2.75) is 19.5 Å². The molecule has 118 valence electrons. The highest BCUT2D eigenvalue weighted by Gasteiger charge is 2.16. The lowest BCUT2D eigenvalue weighted by atomic mass is 10.2. The number of benzene rings is 1. The standard InChI is InChI=1S/C17H20ClFN2O/c18-16-11-14(4-5-17(16)19)12-20-6-2-7-21(9-8-20)13-15-3-1-10-22-15/h1,3-5,10-11H,2,6-9,12-13H2. The molecule has 1 fully saturated rings. The molecule has 5 heteroatoms. The molecule has 0 saturated carbocycles. The highest BCUT2D eigenvalue weighted by atomic mass is 35.5. The summed E-state index contributed by atoms with van der Waals surface area (Å²) in [5.74, 6) is 0.657. The van der Waals surface area contributed by atoms with Crippen LogP contribution in [0.1, 0.15) is 17.7 Å². The zero-order valence-corrected chi connectivity index (χ0v) is 13.2. The lowest BCUT2D eigenvalue weighted by Crippen LogP contribution is -2.30. The maximum Gasteiger partial charge on any atom is 0.141 e. The summed E-state index contributed by atoms with van der Waals surface area (Å²) in [4.78, 5) is 4.81. The molecule has 0 unspecified atom stereocenters. The number of halogens is 2. The maximum absolute atomic E-state index is 13.2. The zero-order chi connectivity index (χ0) is 15.4. The number of nitrogens with zero attached hydrogens (tertiary/aromatic N) is 2. The summed E-state index contributed by atoms with van der Waals surface area (Å²) >= 11 is 5.85. The lowest BCUT2D eigenvalue weighted by Gasteiger charge is -2.21. The van der Waals surface area contributed by atoms with Crippen molar-refractivity contribution >= 4 is 11.6 Å². The first-order valence-electron chi connectivity index (χ1n) is 7.62. The SMILES string of the molecule is Fc1ccc(CN2CCCN(Cc3ccco3)CC2)cc1Cl. The lowest BCUT2D eigenvalue weighted by molar-refractivity contribution is 0.234. The minimum Gasteiger partial charge on any atom is -0.468 e. The molecule has 0 bridgehead atoms. The summed E-state index contributed by atoms with van der Waals surface area (Å²) in [5, 5.41) is 0.201. The van der Waals surface area contributed by atoms with Gasteiger partial charge in [0.05, 0.1) is 17.8 Å². The van der Waals surface area contributed by atoms with Gasteiger partial charge in [0.2, 0.25) is 0 Å². The molecule has 0 N–H and O–H groups in total. The fourth-order valence-corrected chi connectivity index (χ4v) is 3.06. The highest BCUT2D eigenvalue weighted by Crippen LogP contribution is 2.18. The molecule has 3 nitrogen and oxygen atoms in total. The van der Waals surface area contributed by atoms with Crippen LogP contribution in [0.2, 0.25) is 5.02 Å². The zero-order valence-electron chi connectivity index (χ0n) is 12.5. The third-order valence-corrected chi connectivity index (χ3v) is 4.32. The van der Waals surface area contributed by atoms with E-state index in [9.17, 15) is 4.39 Å². The average Bonchev–Trinajstić information content (AvgIpc) is 2.91. The fourth-order valence-electron chi connectivity index (χ4n) is 2.86. The van der Waals surface area contributed by atoms with Gasteiger partial charge in [-0.3, -0.25) is 9.80 Å². The molecule has 2 heterocycles. The Morgan fingerprint density at radius 3 is 2.50 bits per heavy atom. The Balaban J connectivity index is 1.54. The van der Waals surface area contributed by atoms with E-state index in [4.69, 9.17) is 16.0 Å². The molecule has 0 atom stereocenters. The van der Waals surface area contributed by atoms with Crippen LogP contribution in [0.25, 0.3) is 0 Å². The molecule has 1 aliphatic rings. The van der Waals surface area contributed by atoms with E-state index in [1.807, 2.05) is 18.2 Å². The Bertz CT molecular complexity index is 603. The topological polar surface area (TPSA) is 19.6 Å². The second-order valence-corrected chi connectivity index (χ2v) is 6.14. The van der Waals surface area contributed by atoms with E-state index in [0.29, 0.717) is 0 Å². The van der Waals surface area contributed by atoms with Gasteiger partial charge in [0.15, 0.2) is 0 Å². The minimum absolute atomic E-state index is 0.201. The van der Waals surface area contributed by atoms with Gasteiger partial charge in [-0.15, -0.1) is 0 Å². The molecule has 2 aromatic rings. The summed E-state index contributed by atoms with van der Waals surface area (Å²) in [6.07, 6.45) is 2.84. The molecule has 1 saturated heterocycles. The molecule has 1 aromatic carbocycles. The van der Waals surface area contributed by atoms with Gasteiger partial charge in [-0.05, 0) is 49.3 Å². The van der Waals surface area contributed by atoms with Crippen molar-refractivity contribution in [3.05, 3.63) is 58.8 Å². The van der Waals surface area contributed by atoms with Crippen LogP contribution < -0.4 is 0 Å². The van der Waals surface area contributed by atoms with Gasteiger partial charge >= 0.3 is 0 Å². The van der Waals surface area contributed by atoms with Gasteiger partial charge < -0.3 is 4.42 Å². The number of hydrogen-bond acceptors (Lipinski definition) is 3. The second-order valence-electron chi connectivity index (χ2n) is 5.73. The van der Waals surface area contributed by atoms with Crippen molar-refractivity contribution in [1.82, 2.24) is 9.80 Å². The largest absolute Gasteiger partial charge is 0.468 e. The van der Waals surface area contributed by atoms with Gasteiger partial charge in [-0.25, -0.2) is 4.39 Å². The third kappa shape index (κ3) is 4.09. The van der Waals surface area contributed by atoms with Crippen molar-refractivity contribution in [2.75, 3.05) is 26.2 Å². The third-order valence-electron chi connectivity index (χ3n) is 4.03. The smallest absolute Gasteiger partial charge is 0.141 e. The van der Waals surface area contributed by atoms with Crippen molar-refractivity contribution < 1.29 is 8.81 Å². The molecule has 0 spiro atoms. The van der Waals surface area contributed by atoms with E-state index >= 15 is 0 Å².